The number of nitrogens with zero attached hydrogens (tertiary/aromatic N) is 1. The van der Waals surface area contributed by atoms with E-state index in [1.165, 1.54) is 6.07 Å². The molecule has 1 aromatic heterocycles. The summed E-state index contributed by atoms with van der Waals surface area (Å²) in [5.74, 6) is -0.337. The van der Waals surface area contributed by atoms with Gasteiger partial charge in [-0.3, -0.25) is 0 Å². The summed E-state index contributed by atoms with van der Waals surface area (Å²) in [7, 11) is 0. The second-order valence-corrected chi connectivity index (χ2v) is 5.44. The smallest absolute Gasteiger partial charge is 0.147 e. The Bertz CT molecular complexity index is 539. The highest BCUT2D eigenvalue weighted by molar-refractivity contribution is 7.11. The molecular formula is C12H12ClFN2S. The summed E-state index contributed by atoms with van der Waals surface area (Å²) in [6, 6.07) is 4.60. The maximum atomic E-state index is 13.5. The van der Waals surface area contributed by atoms with Gasteiger partial charge in [0.05, 0.1) is 22.9 Å². The molecule has 2 rings (SSSR count). The molecule has 0 bridgehead atoms. The lowest BCUT2D eigenvalue weighted by molar-refractivity contribution is 0.630. The molecular weight excluding hydrogens is 259 g/mol. The first-order valence-electron chi connectivity index (χ1n) is 5.18. The molecule has 0 aliphatic carbocycles. The van der Waals surface area contributed by atoms with E-state index in [4.69, 9.17) is 11.6 Å². The van der Waals surface area contributed by atoms with Crippen LogP contribution >= 0.6 is 22.9 Å². The van der Waals surface area contributed by atoms with Crippen molar-refractivity contribution in [3.05, 3.63) is 44.6 Å². The first kappa shape index (κ1) is 12.3. The van der Waals surface area contributed by atoms with Crippen LogP contribution in [0.5, 0.6) is 0 Å². The molecule has 17 heavy (non-hydrogen) atoms. The van der Waals surface area contributed by atoms with Crippen LogP contribution in [0.1, 0.15) is 15.6 Å². The first-order valence-corrected chi connectivity index (χ1v) is 6.37. The lowest BCUT2D eigenvalue weighted by Crippen LogP contribution is -2.01. The number of aromatic nitrogens is 1. The summed E-state index contributed by atoms with van der Waals surface area (Å²) in [5.41, 5.74) is 1.45. The van der Waals surface area contributed by atoms with Gasteiger partial charge in [-0.15, -0.1) is 11.3 Å². The van der Waals surface area contributed by atoms with Crippen molar-refractivity contribution in [2.45, 2.75) is 20.4 Å². The van der Waals surface area contributed by atoms with Gasteiger partial charge in [-0.05, 0) is 32.0 Å². The van der Waals surface area contributed by atoms with E-state index >= 15 is 0 Å². The van der Waals surface area contributed by atoms with Crippen molar-refractivity contribution in [2.75, 3.05) is 5.32 Å². The van der Waals surface area contributed by atoms with E-state index in [0.29, 0.717) is 17.3 Å². The van der Waals surface area contributed by atoms with Gasteiger partial charge in [-0.2, -0.15) is 0 Å². The Balaban J connectivity index is 2.10. The van der Waals surface area contributed by atoms with Gasteiger partial charge in [0.15, 0.2) is 0 Å². The summed E-state index contributed by atoms with van der Waals surface area (Å²) in [5, 5.41) is 4.47. The first-order chi connectivity index (χ1) is 8.06. The minimum absolute atomic E-state index is 0.337. The molecule has 2 aromatic rings. The molecule has 0 fully saturated rings. The van der Waals surface area contributed by atoms with Crippen molar-refractivity contribution in [1.82, 2.24) is 4.98 Å². The standard InChI is InChI=1S/C12H12ClFN2S/c1-7-12(17-8(2)16-7)6-15-11-4-3-9(13)5-10(11)14/h3-5,15H,6H2,1-2H3. The van der Waals surface area contributed by atoms with E-state index in [1.54, 1.807) is 23.5 Å². The topological polar surface area (TPSA) is 24.9 Å². The van der Waals surface area contributed by atoms with E-state index in [9.17, 15) is 4.39 Å². The number of rotatable bonds is 3. The summed E-state index contributed by atoms with van der Waals surface area (Å²) in [6.45, 7) is 4.50. The van der Waals surface area contributed by atoms with Crippen LogP contribution in [0.4, 0.5) is 10.1 Å². The number of anilines is 1. The molecule has 0 radical (unpaired) electrons. The van der Waals surface area contributed by atoms with Crippen LogP contribution in [-0.4, -0.2) is 4.98 Å². The molecule has 0 aliphatic rings. The lowest BCUT2D eigenvalue weighted by atomic mass is 10.3. The highest BCUT2D eigenvalue weighted by atomic mass is 35.5. The average Bonchev–Trinajstić information content (AvgIpc) is 2.56. The summed E-state index contributed by atoms with van der Waals surface area (Å²) in [4.78, 5) is 5.45. The SMILES string of the molecule is Cc1nc(C)c(CNc2ccc(Cl)cc2F)s1. The summed E-state index contributed by atoms with van der Waals surface area (Å²) in [6.07, 6.45) is 0. The van der Waals surface area contributed by atoms with E-state index in [2.05, 4.69) is 10.3 Å². The third-order valence-electron chi connectivity index (χ3n) is 2.37. The van der Waals surface area contributed by atoms with Gasteiger partial charge in [0.2, 0.25) is 0 Å². The van der Waals surface area contributed by atoms with E-state index in [1.807, 2.05) is 13.8 Å². The number of nitrogens with one attached hydrogen (secondary N) is 1. The van der Waals surface area contributed by atoms with Crippen LogP contribution < -0.4 is 5.32 Å². The van der Waals surface area contributed by atoms with Crippen molar-refractivity contribution < 1.29 is 4.39 Å². The number of halogens is 2. The molecule has 5 heteroatoms. The normalized spacial score (nSPS) is 10.6. The molecule has 90 valence electrons. The van der Waals surface area contributed by atoms with Crippen molar-refractivity contribution in [2.24, 2.45) is 0 Å². The molecule has 1 N–H and O–H groups in total. The zero-order valence-corrected chi connectivity index (χ0v) is 11.1. The zero-order valence-electron chi connectivity index (χ0n) is 9.55. The monoisotopic (exact) mass is 270 g/mol. The fourth-order valence-electron chi connectivity index (χ4n) is 1.55. The number of aryl methyl sites for hydroxylation is 2. The second-order valence-electron chi connectivity index (χ2n) is 3.72. The van der Waals surface area contributed by atoms with Gasteiger partial charge in [0.1, 0.15) is 5.82 Å². The largest absolute Gasteiger partial charge is 0.378 e. The quantitative estimate of drug-likeness (QED) is 0.906. The maximum absolute atomic E-state index is 13.5. The third kappa shape index (κ3) is 2.96. The van der Waals surface area contributed by atoms with Crippen molar-refractivity contribution in [3.8, 4) is 0 Å². The summed E-state index contributed by atoms with van der Waals surface area (Å²) < 4.78 is 13.5. The molecule has 0 saturated carbocycles. The number of hydrogen-bond donors (Lipinski definition) is 1. The zero-order chi connectivity index (χ0) is 12.4. The van der Waals surface area contributed by atoms with Crippen LogP contribution in [0.15, 0.2) is 18.2 Å². The lowest BCUT2D eigenvalue weighted by Gasteiger charge is -2.06. The Labute approximate surface area is 108 Å². The van der Waals surface area contributed by atoms with E-state index < -0.39 is 0 Å². The number of thiazole rings is 1. The Morgan fingerprint density at radius 2 is 2.18 bits per heavy atom. The predicted octanol–water partition coefficient (Wildman–Crippen LogP) is 4.16. The van der Waals surface area contributed by atoms with Crippen LogP contribution in [0.3, 0.4) is 0 Å². The van der Waals surface area contributed by atoms with Crippen LogP contribution in [0.2, 0.25) is 5.02 Å². The van der Waals surface area contributed by atoms with E-state index in [0.717, 1.165) is 15.6 Å². The highest BCUT2D eigenvalue weighted by Gasteiger charge is 2.06. The van der Waals surface area contributed by atoms with Gasteiger partial charge in [-0.1, -0.05) is 11.6 Å². The van der Waals surface area contributed by atoms with Crippen LogP contribution in [0, 0.1) is 19.7 Å². The third-order valence-corrected chi connectivity index (χ3v) is 3.68. The molecule has 1 aromatic carbocycles. The second kappa shape index (κ2) is 5.02. The van der Waals surface area contributed by atoms with Crippen LogP contribution in [-0.2, 0) is 6.54 Å². The summed E-state index contributed by atoms with van der Waals surface area (Å²) >= 11 is 7.31. The molecule has 0 atom stereocenters. The molecule has 0 unspecified atom stereocenters. The molecule has 0 spiro atoms. The fraction of sp³-hybridized carbons (Fsp3) is 0.250. The Morgan fingerprint density at radius 1 is 1.41 bits per heavy atom. The van der Waals surface area contributed by atoms with Gasteiger partial charge < -0.3 is 5.32 Å². The number of hydrogen-bond acceptors (Lipinski definition) is 3. The average molecular weight is 271 g/mol. The Hall–Kier alpha value is -1.13. The molecule has 0 saturated heterocycles. The van der Waals surface area contributed by atoms with Crippen molar-refractivity contribution in [1.29, 1.82) is 0 Å². The minimum Gasteiger partial charge on any atom is -0.378 e. The fourth-order valence-corrected chi connectivity index (χ4v) is 2.58. The maximum Gasteiger partial charge on any atom is 0.147 e. The molecule has 0 aliphatic heterocycles. The Morgan fingerprint density at radius 3 is 2.76 bits per heavy atom. The van der Waals surface area contributed by atoms with Gasteiger partial charge in [-0.25, -0.2) is 9.37 Å². The van der Waals surface area contributed by atoms with Crippen LogP contribution in [0.25, 0.3) is 0 Å². The van der Waals surface area contributed by atoms with E-state index in [-0.39, 0.29) is 5.82 Å². The van der Waals surface area contributed by atoms with Gasteiger partial charge >= 0.3 is 0 Å². The number of benzene rings is 1. The van der Waals surface area contributed by atoms with Crippen molar-refractivity contribution in [3.63, 3.8) is 0 Å². The predicted molar refractivity (Wildman–Crippen MR) is 70.3 cm³/mol. The molecule has 2 nitrogen and oxygen atoms in total. The van der Waals surface area contributed by atoms with Gasteiger partial charge in [0.25, 0.3) is 0 Å². The highest BCUT2D eigenvalue weighted by Crippen LogP contribution is 2.22. The Kier molecular flexibility index (Phi) is 3.64. The molecule has 0 amide bonds. The van der Waals surface area contributed by atoms with Crippen molar-refractivity contribution >= 4 is 28.6 Å². The minimum atomic E-state index is -0.337. The molecule has 1 heterocycles. The van der Waals surface area contributed by atoms with Gasteiger partial charge in [0, 0.05) is 9.90 Å².